The Labute approximate surface area is 71.9 Å². The highest BCUT2D eigenvalue weighted by Gasteiger charge is 2.15. The van der Waals surface area contributed by atoms with E-state index in [4.69, 9.17) is 5.73 Å². The Bertz CT molecular complexity index is 311. The zero-order chi connectivity index (χ0) is 8.55. The molecule has 1 unspecified atom stereocenters. The summed E-state index contributed by atoms with van der Waals surface area (Å²) in [4.78, 5) is 4.27. The van der Waals surface area contributed by atoms with Crippen LogP contribution in [0.5, 0.6) is 0 Å². The number of hydrogen-bond acceptors (Lipinski definition) is 2. The van der Waals surface area contributed by atoms with Gasteiger partial charge in [-0.05, 0) is 18.4 Å². The minimum atomic E-state index is 0.233. The number of imidazole rings is 1. The molecule has 0 fully saturated rings. The van der Waals surface area contributed by atoms with E-state index in [1.165, 1.54) is 5.57 Å². The molecule has 0 amide bonds. The third-order valence-corrected chi connectivity index (χ3v) is 2.27. The van der Waals surface area contributed by atoms with E-state index in [0.29, 0.717) is 0 Å². The molecule has 0 saturated heterocycles. The van der Waals surface area contributed by atoms with Gasteiger partial charge in [-0.2, -0.15) is 0 Å². The van der Waals surface area contributed by atoms with Crippen LogP contribution in [0.15, 0.2) is 18.5 Å². The largest absolute Gasteiger partial charge is 0.334 e. The number of aryl methyl sites for hydroxylation is 1. The summed E-state index contributed by atoms with van der Waals surface area (Å²) in [5.74, 6) is 1.06. The maximum absolute atomic E-state index is 5.77. The van der Waals surface area contributed by atoms with Crippen LogP contribution in [-0.4, -0.2) is 15.6 Å². The first-order chi connectivity index (χ1) is 5.77. The zero-order valence-electron chi connectivity index (χ0n) is 7.20. The van der Waals surface area contributed by atoms with Crippen molar-refractivity contribution in [2.45, 2.75) is 18.9 Å². The van der Waals surface area contributed by atoms with Crippen molar-refractivity contribution in [1.29, 1.82) is 0 Å². The lowest BCUT2D eigenvalue weighted by Crippen LogP contribution is -2.11. The molecule has 2 N–H and O–H groups in total. The second-order valence-corrected chi connectivity index (χ2v) is 3.26. The number of allylic oxidation sites excluding steroid dienone is 1. The van der Waals surface area contributed by atoms with Crippen molar-refractivity contribution >= 4 is 5.57 Å². The maximum atomic E-state index is 5.77. The van der Waals surface area contributed by atoms with Crippen LogP contribution < -0.4 is 5.73 Å². The lowest BCUT2D eigenvalue weighted by Gasteiger charge is -2.00. The van der Waals surface area contributed by atoms with Crippen LogP contribution in [0.25, 0.3) is 5.57 Å². The number of nitrogens with two attached hydrogens (primary N) is 1. The Morgan fingerprint density at radius 3 is 3.00 bits per heavy atom. The molecule has 0 aromatic carbocycles. The van der Waals surface area contributed by atoms with Crippen molar-refractivity contribution in [2.24, 2.45) is 12.8 Å². The molecule has 1 heterocycles. The van der Waals surface area contributed by atoms with Gasteiger partial charge in [0, 0.05) is 25.5 Å². The quantitative estimate of drug-likeness (QED) is 0.669. The summed E-state index contributed by atoms with van der Waals surface area (Å²) in [7, 11) is 2.01. The summed E-state index contributed by atoms with van der Waals surface area (Å²) in [5, 5.41) is 0. The second-order valence-electron chi connectivity index (χ2n) is 3.26. The van der Waals surface area contributed by atoms with Crippen LogP contribution in [0.1, 0.15) is 18.7 Å². The normalized spacial score (nSPS) is 22.8. The van der Waals surface area contributed by atoms with Gasteiger partial charge in [0.1, 0.15) is 5.82 Å². The average molecular weight is 163 g/mol. The molecule has 0 bridgehead atoms. The molecule has 1 atom stereocenters. The average Bonchev–Trinajstić information content (AvgIpc) is 2.58. The van der Waals surface area contributed by atoms with Gasteiger partial charge in [-0.3, -0.25) is 0 Å². The van der Waals surface area contributed by atoms with E-state index >= 15 is 0 Å². The highest BCUT2D eigenvalue weighted by atomic mass is 15.0. The van der Waals surface area contributed by atoms with Gasteiger partial charge in [0.2, 0.25) is 0 Å². The molecular weight excluding hydrogens is 150 g/mol. The minimum absolute atomic E-state index is 0.233. The van der Waals surface area contributed by atoms with E-state index < -0.39 is 0 Å². The molecule has 1 aromatic rings. The minimum Gasteiger partial charge on any atom is -0.334 e. The molecular formula is C9H13N3. The fraction of sp³-hybridized carbons (Fsp3) is 0.444. The summed E-state index contributed by atoms with van der Waals surface area (Å²) >= 11 is 0. The third kappa shape index (κ3) is 1.16. The van der Waals surface area contributed by atoms with Gasteiger partial charge in [0.25, 0.3) is 0 Å². The molecule has 3 heteroatoms. The predicted octanol–water partition coefficient (Wildman–Crippen LogP) is 0.925. The fourth-order valence-corrected chi connectivity index (χ4v) is 1.61. The van der Waals surface area contributed by atoms with Crippen LogP contribution in [0.4, 0.5) is 0 Å². The van der Waals surface area contributed by atoms with Gasteiger partial charge in [-0.1, -0.05) is 6.08 Å². The first kappa shape index (κ1) is 7.55. The van der Waals surface area contributed by atoms with E-state index in [9.17, 15) is 0 Å². The van der Waals surface area contributed by atoms with Crippen molar-refractivity contribution in [3.05, 3.63) is 24.3 Å². The van der Waals surface area contributed by atoms with Gasteiger partial charge in [-0.25, -0.2) is 4.98 Å². The Balaban J connectivity index is 2.32. The van der Waals surface area contributed by atoms with Crippen LogP contribution in [0.3, 0.4) is 0 Å². The smallest absolute Gasteiger partial charge is 0.135 e. The van der Waals surface area contributed by atoms with Gasteiger partial charge >= 0.3 is 0 Å². The standard InChI is InChI=1S/C9H13N3/c1-12-5-4-11-9(12)7-2-3-8(10)6-7/h4-6,8H,2-3,10H2,1H3. The molecule has 2 rings (SSSR count). The summed E-state index contributed by atoms with van der Waals surface area (Å²) in [5.41, 5.74) is 7.05. The SMILES string of the molecule is Cn1ccnc1C1=CC(N)CC1. The van der Waals surface area contributed by atoms with Crippen LogP contribution in [0, 0.1) is 0 Å². The lowest BCUT2D eigenvalue weighted by atomic mass is 10.2. The maximum Gasteiger partial charge on any atom is 0.135 e. The molecule has 1 aliphatic carbocycles. The van der Waals surface area contributed by atoms with Crippen molar-refractivity contribution in [3.63, 3.8) is 0 Å². The first-order valence-corrected chi connectivity index (χ1v) is 4.21. The van der Waals surface area contributed by atoms with Crippen LogP contribution in [0.2, 0.25) is 0 Å². The second kappa shape index (κ2) is 2.75. The van der Waals surface area contributed by atoms with Crippen molar-refractivity contribution in [3.8, 4) is 0 Å². The Kier molecular flexibility index (Phi) is 1.73. The van der Waals surface area contributed by atoms with E-state index in [2.05, 4.69) is 11.1 Å². The molecule has 0 aliphatic heterocycles. The van der Waals surface area contributed by atoms with Crippen molar-refractivity contribution in [2.75, 3.05) is 0 Å². The topological polar surface area (TPSA) is 43.8 Å². The summed E-state index contributed by atoms with van der Waals surface area (Å²) in [6, 6.07) is 0.233. The monoisotopic (exact) mass is 163 g/mol. The fourth-order valence-electron chi connectivity index (χ4n) is 1.61. The highest BCUT2D eigenvalue weighted by Crippen LogP contribution is 2.25. The predicted molar refractivity (Wildman–Crippen MR) is 48.4 cm³/mol. The summed E-state index contributed by atoms with van der Waals surface area (Å²) < 4.78 is 2.03. The molecule has 1 aromatic heterocycles. The number of nitrogens with zero attached hydrogens (tertiary/aromatic N) is 2. The van der Waals surface area contributed by atoms with Gasteiger partial charge in [-0.15, -0.1) is 0 Å². The molecule has 3 nitrogen and oxygen atoms in total. The molecule has 1 aliphatic rings. The number of rotatable bonds is 1. The number of aromatic nitrogens is 2. The van der Waals surface area contributed by atoms with Gasteiger partial charge in [0.05, 0.1) is 0 Å². The van der Waals surface area contributed by atoms with Crippen molar-refractivity contribution in [1.82, 2.24) is 9.55 Å². The molecule has 0 radical (unpaired) electrons. The highest BCUT2D eigenvalue weighted by molar-refractivity contribution is 5.63. The van der Waals surface area contributed by atoms with E-state index in [0.717, 1.165) is 18.7 Å². The van der Waals surface area contributed by atoms with Crippen molar-refractivity contribution < 1.29 is 0 Å². The van der Waals surface area contributed by atoms with Gasteiger partial charge in [0.15, 0.2) is 0 Å². The summed E-state index contributed by atoms with van der Waals surface area (Å²) in [6.07, 6.45) is 8.01. The molecule has 0 saturated carbocycles. The molecule has 64 valence electrons. The Hall–Kier alpha value is -1.09. The molecule has 0 spiro atoms. The first-order valence-electron chi connectivity index (χ1n) is 4.21. The Morgan fingerprint density at radius 2 is 2.50 bits per heavy atom. The third-order valence-electron chi connectivity index (χ3n) is 2.27. The van der Waals surface area contributed by atoms with Gasteiger partial charge < -0.3 is 10.3 Å². The van der Waals surface area contributed by atoms with E-state index in [1.807, 2.05) is 24.0 Å². The number of hydrogen-bond donors (Lipinski definition) is 1. The van der Waals surface area contributed by atoms with Crippen LogP contribution in [-0.2, 0) is 7.05 Å². The van der Waals surface area contributed by atoms with E-state index in [-0.39, 0.29) is 6.04 Å². The zero-order valence-corrected chi connectivity index (χ0v) is 7.20. The molecule has 12 heavy (non-hydrogen) atoms. The summed E-state index contributed by atoms with van der Waals surface area (Å²) in [6.45, 7) is 0. The van der Waals surface area contributed by atoms with Crippen LogP contribution >= 0.6 is 0 Å². The lowest BCUT2D eigenvalue weighted by molar-refractivity contribution is 0.779. The Morgan fingerprint density at radius 1 is 1.67 bits per heavy atom. The van der Waals surface area contributed by atoms with E-state index in [1.54, 1.807) is 0 Å².